The van der Waals surface area contributed by atoms with Gasteiger partial charge in [0.05, 0.1) is 4.88 Å². The molecule has 0 saturated carbocycles. The van der Waals surface area contributed by atoms with Crippen LogP contribution in [-0.4, -0.2) is 32.1 Å². The van der Waals surface area contributed by atoms with Crippen molar-refractivity contribution < 1.29 is 9.53 Å². The Labute approximate surface area is 118 Å². The first kappa shape index (κ1) is 15.6. The molecule has 0 unspecified atom stereocenters. The molecule has 1 saturated heterocycles. The van der Waals surface area contributed by atoms with Gasteiger partial charge in [-0.25, -0.2) is 0 Å². The molecule has 1 aliphatic heterocycles. The Morgan fingerprint density at radius 3 is 2.89 bits per heavy atom. The van der Waals surface area contributed by atoms with Gasteiger partial charge in [0.15, 0.2) is 5.78 Å². The smallest absolute Gasteiger partial charge is 0.198 e. The summed E-state index contributed by atoms with van der Waals surface area (Å²) in [5, 5.41) is 5.27. The van der Waals surface area contributed by atoms with Crippen molar-refractivity contribution in [2.75, 3.05) is 26.3 Å². The fourth-order valence-corrected chi connectivity index (χ4v) is 2.74. The Bertz CT molecular complexity index is 337. The number of rotatable bonds is 6. The molecule has 0 aliphatic carbocycles. The van der Waals surface area contributed by atoms with E-state index in [1.54, 1.807) is 0 Å². The van der Waals surface area contributed by atoms with Crippen molar-refractivity contribution >= 4 is 29.5 Å². The number of Topliss-reactive ketones (excluding diaryl/α,β-unsaturated/α-hetero) is 1. The minimum absolute atomic E-state index is 0. The molecule has 0 spiro atoms. The summed E-state index contributed by atoms with van der Waals surface area (Å²) in [6.07, 6.45) is 3.56. The van der Waals surface area contributed by atoms with Gasteiger partial charge >= 0.3 is 0 Å². The average molecular weight is 290 g/mol. The van der Waals surface area contributed by atoms with Crippen LogP contribution in [0.15, 0.2) is 17.5 Å². The third-order valence-electron chi connectivity index (χ3n) is 3.16. The van der Waals surface area contributed by atoms with Gasteiger partial charge in [-0.05, 0) is 49.7 Å². The number of carbonyl (C=O) groups is 1. The first-order chi connectivity index (χ1) is 8.36. The van der Waals surface area contributed by atoms with Crippen molar-refractivity contribution in [3.8, 4) is 0 Å². The van der Waals surface area contributed by atoms with E-state index in [0.717, 1.165) is 30.3 Å². The molecule has 3 nitrogen and oxygen atoms in total. The molecule has 0 bridgehead atoms. The van der Waals surface area contributed by atoms with E-state index in [9.17, 15) is 4.79 Å². The zero-order valence-corrected chi connectivity index (χ0v) is 12.0. The van der Waals surface area contributed by atoms with Crippen molar-refractivity contribution in [1.82, 2.24) is 5.32 Å². The van der Waals surface area contributed by atoms with Crippen LogP contribution in [0.3, 0.4) is 0 Å². The summed E-state index contributed by atoms with van der Waals surface area (Å²) in [4.78, 5) is 12.4. The van der Waals surface area contributed by atoms with Gasteiger partial charge in [-0.2, -0.15) is 0 Å². The monoisotopic (exact) mass is 289 g/mol. The summed E-state index contributed by atoms with van der Waals surface area (Å²) in [5.74, 6) is 0.874. The van der Waals surface area contributed by atoms with E-state index in [1.165, 1.54) is 24.2 Å². The van der Waals surface area contributed by atoms with E-state index in [0.29, 0.717) is 6.61 Å². The zero-order chi connectivity index (χ0) is 11.9. The third kappa shape index (κ3) is 5.06. The zero-order valence-electron chi connectivity index (χ0n) is 10.4. The maximum Gasteiger partial charge on any atom is 0.198 e. The molecule has 18 heavy (non-hydrogen) atoms. The first-order valence-corrected chi connectivity index (χ1v) is 7.09. The summed E-state index contributed by atoms with van der Waals surface area (Å²) in [6.45, 7) is 3.19. The Balaban J connectivity index is 0.00000162. The molecule has 0 aromatic carbocycles. The lowest BCUT2D eigenvalue weighted by Gasteiger charge is -2.22. The predicted molar refractivity (Wildman–Crippen MR) is 76.9 cm³/mol. The number of hydrogen-bond acceptors (Lipinski definition) is 4. The summed E-state index contributed by atoms with van der Waals surface area (Å²) >= 11 is 1.48. The van der Waals surface area contributed by atoms with Crippen molar-refractivity contribution in [2.45, 2.75) is 19.3 Å². The largest absolute Gasteiger partial charge is 0.373 e. The van der Waals surface area contributed by atoms with Crippen LogP contribution in [0, 0.1) is 5.92 Å². The first-order valence-electron chi connectivity index (χ1n) is 6.21. The minimum atomic E-state index is 0. The molecule has 1 fully saturated rings. The maximum atomic E-state index is 11.6. The number of nitrogens with one attached hydrogen (secondary N) is 1. The molecule has 1 aliphatic rings. The molecule has 0 amide bonds. The summed E-state index contributed by atoms with van der Waals surface area (Å²) in [6, 6.07) is 3.75. The SMILES string of the molecule is Cl.O=C(COCCC1CCNCC1)c1cccs1. The van der Waals surface area contributed by atoms with E-state index >= 15 is 0 Å². The van der Waals surface area contributed by atoms with Crippen LogP contribution in [0.1, 0.15) is 28.9 Å². The lowest BCUT2D eigenvalue weighted by atomic mass is 9.95. The molecule has 2 rings (SSSR count). The van der Waals surface area contributed by atoms with E-state index in [2.05, 4.69) is 5.32 Å². The third-order valence-corrected chi connectivity index (χ3v) is 4.07. The van der Waals surface area contributed by atoms with Crippen LogP contribution in [0.4, 0.5) is 0 Å². The maximum absolute atomic E-state index is 11.6. The van der Waals surface area contributed by atoms with Crippen LogP contribution < -0.4 is 5.32 Å². The van der Waals surface area contributed by atoms with Crippen LogP contribution >= 0.6 is 23.7 Å². The van der Waals surface area contributed by atoms with Gasteiger partial charge in [0.25, 0.3) is 0 Å². The van der Waals surface area contributed by atoms with Crippen molar-refractivity contribution in [3.05, 3.63) is 22.4 Å². The highest BCUT2D eigenvalue weighted by atomic mass is 35.5. The Morgan fingerprint density at radius 1 is 1.44 bits per heavy atom. The molecule has 5 heteroatoms. The van der Waals surface area contributed by atoms with Crippen LogP contribution in [0.25, 0.3) is 0 Å². The van der Waals surface area contributed by atoms with Gasteiger partial charge in [-0.3, -0.25) is 4.79 Å². The number of piperidine rings is 1. The van der Waals surface area contributed by atoms with E-state index in [-0.39, 0.29) is 24.8 Å². The molecule has 1 N–H and O–H groups in total. The van der Waals surface area contributed by atoms with E-state index in [4.69, 9.17) is 4.74 Å². The van der Waals surface area contributed by atoms with Crippen molar-refractivity contribution in [3.63, 3.8) is 0 Å². The summed E-state index contributed by atoms with van der Waals surface area (Å²) in [7, 11) is 0. The quantitative estimate of drug-likeness (QED) is 0.646. The topological polar surface area (TPSA) is 38.3 Å². The number of carbonyl (C=O) groups excluding carboxylic acids is 1. The fourth-order valence-electron chi connectivity index (χ4n) is 2.09. The molecule has 1 aromatic heterocycles. The molecular formula is C13H20ClNO2S. The van der Waals surface area contributed by atoms with Crippen LogP contribution in [0.5, 0.6) is 0 Å². The lowest BCUT2D eigenvalue weighted by Crippen LogP contribution is -2.28. The van der Waals surface area contributed by atoms with Gasteiger partial charge in [-0.15, -0.1) is 23.7 Å². The predicted octanol–water partition coefficient (Wildman–Crippen LogP) is 2.76. The number of thiophene rings is 1. The Hall–Kier alpha value is -0.420. The molecule has 2 heterocycles. The van der Waals surface area contributed by atoms with Gasteiger partial charge in [0, 0.05) is 6.61 Å². The second kappa shape index (κ2) is 8.64. The highest BCUT2D eigenvalue weighted by Crippen LogP contribution is 2.15. The highest BCUT2D eigenvalue weighted by Gasteiger charge is 2.13. The van der Waals surface area contributed by atoms with Gasteiger partial charge in [0.1, 0.15) is 6.61 Å². The standard InChI is InChI=1S/C13H19NO2S.ClH/c15-12(13-2-1-9-17-13)10-16-8-5-11-3-6-14-7-4-11;/h1-2,9,11,14H,3-8,10H2;1H. The Morgan fingerprint density at radius 2 is 2.22 bits per heavy atom. The second-order valence-corrected chi connectivity index (χ2v) is 5.38. The van der Waals surface area contributed by atoms with Crippen LogP contribution in [-0.2, 0) is 4.74 Å². The Kier molecular flexibility index (Phi) is 7.51. The fraction of sp³-hybridized carbons (Fsp3) is 0.615. The number of ketones is 1. The summed E-state index contributed by atoms with van der Waals surface area (Å²) < 4.78 is 5.46. The molecular weight excluding hydrogens is 270 g/mol. The minimum Gasteiger partial charge on any atom is -0.373 e. The molecule has 1 aromatic rings. The lowest BCUT2D eigenvalue weighted by molar-refractivity contribution is 0.0727. The van der Waals surface area contributed by atoms with E-state index in [1.807, 2.05) is 17.5 Å². The summed E-state index contributed by atoms with van der Waals surface area (Å²) in [5.41, 5.74) is 0. The van der Waals surface area contributed by atoms with Crippen molar-refractivity contribution in [1.29, 1.82) is 0 Å². The van der Waals surface area contributed by atoms with Gasteiger partial charge < -0.3 is 10.1 Å². The van der Waals surface area contributed by atoms with Crippen molar-refractivity contribution in [2.24, 2.45) is 5.92 Å². The average Bonchev–Trinajstić information content (AvgIpc) is 2.89. The normalized spacial score (nSPS) is 16.2. The van der Waals surface area contributed by atoms with E-state index < -0.39 is 0 Å². The number of halogens is 1. The second-order valence-electron chi connectivity index (χ2n) is 4.44. The molecule has 102 valence electrons. The van der Waals surface area contributed by atoms with Crippen LogP contribution in [0.2, 0.25) is 0 Å². The molecule has 0 radical (unpaired) electrons. The number of hydrogen-bond donors (Lipinski definition) is 1. The van der Waals surface area contributed by atoms with Gasteiger partial charge in [0.2, 0.25) is 0 Å². The molecule has 0 atom stereocenters. The number of ether oxygens (including phenoxy) is 1. The van der Waals surface area contributed by atoms with Gasteiger partial charge in [-0.1, -0.05) is 6.07 Å². The highest BCUT2D eigenvalue weighted by molar-refractivity contribution is 7.12.